The molecule has 0 fully saturated rings. The van der Waals surface area contributed by atoms with Crippen molar-refractivity contribution in [1.82, 2.24) is 15.3 Å². The van der Waals surface area contributed by atoms with Gasteiger partial charge in [0.15, 0.2) is 16.6 Å². The van der Waals surface area contributed by atoms with Crippen molar-refractivity contribution in [2.45, 2.75) is 11.4 Å². The van der Waals surface area contributed by atoms with E-state index in [1.165, 1.54) is 24.5 Å². The van der Waals surface area contributed by atoms with E-state index in [2.05, 4.69) is 25.3 Å². The second-order valence-electron chi connectivity index (χ2n) is 6.20. The summed E-state index contributed by atoms with van der Waals surface area (Å²) in [4.78, 5) is 7.80. The molecule has 0 saturated heterocycles. The first kappa shape index (κ1) is 19.9. The summed E-state index contributed by atoms with van der Waals surface area (Å²) in [6, 6.07) is 13.4. The van der Waals surface area contributed by atoms with Crippen molar-refractivity contribution in [3.63, 3.8) is 0 Å². The smallest absolute Gasteiger partial charge is 0.264 e. The quantitative estimate of drug-likeness (QED) is 0.494. The number of nitrogens with one attached hydrogen (secondary N) is 3. The van der Waals surface area contributed by atoms with Gasteiger partial charge in [0, 0.05) is 24.6 Å². The molecule has 30 heavy (non-hydrogen) atoms. The van der Waals surface area contributed by atoms with Gasteiger partial charge in [0.2, 0.25) is 12.7 Å². The van der Waals surface area contributed by atoms with Crippen molar-refractivity contribution in [2.24, 2.45) is 0 Å². The maximum absolute atomic E-state index is 12.4. The minimum absolute atomic E-state index is 0.00796. The van der Waals surface area contributed by atoms with E-state index in [9.17, 15) is 8.42 Å². The summed E-state index contributed by atoms with van der Waals surface area (Å²) in [5.74, 6) is 1.44. The first-order valence-electron chi connectivity index (χ1n) is 8.83. The molecule has 0 spiro atoms. The third kappa shape index (κ3) is 4.75. The zero-order valence-corrected chi connectivity index (χ0v) is 17.2. The Kier molecular flexibility index (Phi) is 5.63. The standard InChI is InChI=1S/C19H17N5O4S2/c25-30(26,24-18-20-8-1-9-21-18)15-5-3-14(4-6-15)23-19(29)22-11-13-2-7-16-17(10-13)28-12-27-16/h1-10H,11-12H2,(H,20,21,24)(H2,22,23,29). The molecule has 154 valence electrons. The molecule has 1 aliphatic rings. The van der Waals surface area contributed by atoms with Gasteiger partial charge < -0.3 is 20.1 Å². The molecule has 0 atom stereocenters. The molecule has 2 heterocycles. The third-order valence-electron chi connectivity index (χ3n) is 4.10. The molecule has 0 radical (unpaired) electrons. The summed E-state index contributed by atoms with van der Waals surface area (Å²) >= 11 is 5.30. The molecule has 0 amide bonds. The fourth-order valence-electron chi connectivity index (χ4n) is 2.66. The molecule has 3 N–H and O–H groups in total. The fraction of sp³-hybridized carbons (Fsp3) is 0.105. The van der Waals surface area contributed by atoms with Crippen molar-refractivity contribution >= 4 is 39.0 Å². The van der Waals surface area contributed by atoms with Crippen LogP contribution in [0.15, 0.2) is 65.8 Å². The number of nitrogens with zero attached hydrogens (tertiary/aromatic N) is 2. The van der Waals surface area contributed by atoms with Crippen LogP contribution in [0.4, 0.5) is 11.6 Å². The Bertz CT molecular complexity index is 1160. The highest BCUT2D eigenvalue weighted by molar-refractivity contribution is 7.92. The lowest BCUT2D eigenvalue weighted by atomic mass is 10.2. The lowest BCUT2D eigenvalue weighted by molar-refractivity contribution is 0.174. The SMILES string of the molecule is O=S(=O)(Nc1ncccn1)c1ccc(NC(=S)NCc2ccc3c(c2)OCO3)cc1. The van der Waals surface area contributed by atoms with E-state index in [0.717, 1.165) is 11.3 Å². The summed E-state index contributed by atoms with van der Waals surface area (Å²) in [6.45, 7) is 0.724. The van der Waals surface area contributed by atoms with Crippen LogP contribution in [0, 0.1) is 0 Å². The average Bonchev–Trinajstić information content (AvgIpc) is 3.21. The van der Waals surface area contributed by atoms with E-state index in [-0.39, 0.29) is 17.6 Å². The Morgan fingerprint density at radius 1 is 1.03 bits per heavy atom. The van der Waals surface area contributed by atoms with Gasteiger partial charge in [-0.2, -0.15) is 0 Å². The van der Waals surface area contributed by atoms with Crippen molar-refractivity contribution in [2.75, 3.05) is 16.8 Å². The molecule has 4 rings (SSSR count). The van der Waals surface area contributed by atoms with Gasteiger partial charge in [-0.25, -0.2) is 23.1 Å². The molecule has 3 aromatic rings. The van der Waals surface area contributed by atoms with Crippen LogP contribution in [0.5, 0.6) is 11.5 Å². The fourth-order valence-corrected chi connectivity index (χ4v) is 3.80. The highest BCUT2D eigenvalue weighted by Crippen LogP contribution is 2.32. The number of thiocarbonyl (C=S) groups is 1. The lowest BCUT2D eigenvalue weighted by Gasteiger charge is -2.12. The van der Waals surface area contributed by atoms with Gasteiger partial charge >= 0.3 is 0 Å². The number of rotatable bonds is 6. The molecule has 1 aromatic heterocycles. The summed E-state index contributed by atoms with van der Waals surface area (Å²) < 4.78 is 37.8. The van der Waals surface area contributed by atoms with Gasteiger partial charge in [0.05, 0.1) is 4.90 Å². The lowest BCUT2D eigenvalue weighted by Crippen LogP contribution is -2.27. The number of hydrogen-bond donors (Lipinski definition) is 3. The number of hydrogen-bond acceptors (Lipinski definition) is 7. The van der Waals surface area contributed by atoms with Crippen LogP contribution in [0.1, 0.15) is 5.56 Å². The normalized spacial score (nSPS) is 12.3. The summed E-state index contributed by atoms with van der Waals surface area (Å²) in [7, 11) is -3.78. The average molecular weight is 444 g/mol. The number of aromatic nitrogens is 2. The number of fused-ring (bicyclic) bond motifs is 1. The van der Waals surface area contributed by atoms with E-state index in [4.69, 9.17) is 21.7 Å². The van der Waals surface area contributed by atoms with Crippen LogP contribution < -0.4 is 24.8 Å². The van der Waals surface area contributed by atoms with Gasteiger partial charge in [-0.3, -0.25) is 0 Å². The molecule has 0 unspecified atom stereocenters. The summed E-state index contributed by atoms with van der Waals surface area (Å²) in [6.07, 6.45) is 2.91. The Balaban J connectivity index is 1.33. The second kappa shape index (κ2) is 8.51. The highest BCUT2D eigenvalue weighted by atomic mass is 32.2. The number of sulfonamides is 1. The molecule has 0 bridgehead atoms. The van der Waals surface area contributed by atoms with E-state index < -0.39 is 10.0 Å². The number of ether oxygens (including phenoxy) is 2. The molecular weight excluding hydrogens is 426 g/mol. The van der Waals surface area contributed by atoms with E-state index in [0.29, 0.717) is 23.1 Å². The Morgan fingerprint density at radius 2 is 1.77 bits per heavy atom. The minimum atomic E-state index is -3.78. The Hall–Kier alpha value is -3.44. The molecule has 0 aliphatic carbocycles. The molecular formula is C19H17N5O4S2. The number of anilines is 2. The van der Waals surface area contributed by atoms with Crippen LogP contribution in [-0.2, 0) is 16.6 Å². The first-order valence-corrected chi connectivity index (χ1v) is 10.7. The van der Waals surface area contributed by atoms with Crippen LogP contribution >= 0.6 is 12.2 Å². The van der Waals surface area contributed by atoms with Crippen molar-refractivity contribution < 1.29 is 17.9 Å². The van der Waals surface area contributed by atoms with Crippen molar-refractivity contribution in [3.8, 4) is 11.5 Å². The summed E-state index contributed by atoms with van der Waals surface area (Å²) in [5, 5.41) is 6.51. The monoisotopic (exact) mass is 443 g/mol. The van der Waals surface area contributed by atoms with Crippen LogP contribution in [0.3, 0.4) is 0 Å². The highest BCUT2D eigenvalue weighted by Gasteiger charge is 2.16. The zero-order valence-electron chi connectivity index (χ0n) is 15.5. The Labute approximate surface area is 178 Å². The topological polar surface area (TPSA) is 114 Å². The van der Waals surface area contributed by atoms with Gasteiger partial charge in [-0.05, 0) is 60.2 Å². The predicted molar refractivity (Wildman–Crippen MR) is 115 cm³/mol. The Morgan fingerprint density at radius 3 is 2.53 bits per heavy atom. The number of benzene rings is 2. The maximum atomic E-state index is 12.4. The third-order valence-corrected chi connectivity index (χ3v) is 5.69. The first-order chi connectivity index (χ1) is 14.5. The zero-order chi connectivity index (χ0) is 21.0. The van der Waals surface area contributed by atoms with Gasteiger partial charge in [0.25, 0.3) is 10.0 Å². The van der Waals surface area contributed by atoms with Crippen LogP contribution in [0.2, 0.25) is 0 Å². The van der Waals surface area contributed by atoms with E-state index in [1.54, 1.807) is 18.2 Å². The van der Waals surface area contributed by atoms with Crippen LogP contribution in [0.25, 0.3) is 0 Å². The van der Waals surface area contributed by atoms with Gasteiger partial charge in [0.1, 0.15) is 0 Å². The van der Waals surface area contributed by atoms with Crippen LogP contribution in [-0.4, -0.2) is 30.3 Å². The molecule has 11 heteroatoms. The van der Waals surface area contributed by atoms with Crippen molar-refractivity contribution in [1.29, 1.82) is 0 Å². The van der Waals surface area contributed by atoms with Gasteiger partial charge in [-0.1, -0.05) is 6.07 Å². The molecule has 0 saturated carbocycles. The second-order valence-corrected chi connectivity index (χ2v) is 8.29. The maximum Gasteiger partial charge on any atom is 0.264 e. The predicted octanol–water partition coefficient (Wildman–Crippen LogP) is 2.49. The largest absolute Gasteiger partial charge is 0.454 e. The summed E-state index contributed by atoms with van der Waals surface area (Å²) in [5.41, 5.74) is 1.63. The van der Waals surface area contributed by atoms with E-state index in [1.807, 2.05) is 18.2 Å². The molecule has 1 aliphatic heterocycles. The van der Waals surface area contributed by atoms with Gasteiger partial charge in [-0.15, -0.1) is 0 Å². The van der Waals surface area contributed by atoms with E-state index >= 15 is 0 Å². The minimum Gasteiger partial charge on any atom is -0.454 e. The van der Waals surface area contributed by atoms with Crippen molar-refractivity contribution in [3.05, 3.63) is 66.5 Å². The molecule has 2 aromatic carbocycles. The molecule has 9 nitrogen and oxygen atoms in total.